The van der Waals surface area contributed by atoms with Gasteiger partial charge in [-0.05, 0) is 46.6 Å². The molecular formula is C16H10Br2OS. The van der Waals surface area contributed by atoms with Crippen molar-refractivity contribution < 1.29 is 4.79 Å². The van der Waals surface area contributed by atoms with Gasteiger partial charge in [-0.25, -0.2) is 0 Å². The van der Waals surface area contributed by atoms with Crippen molar-refractivity contribution in [1.82, 2.24) is 0 Å². The van der Waals surface area contributed by atoms with Crippen LogP contribution in [0.5, 0.6) is 0 Å². The third-order valence-electron chi connectivity index (χ3n) is 3.24. The molecule has 0 aliphatic rings. The molecule has 0 spiro atoms. The first-order valence-corrected chi connectivity index (χ1v) is 8.51. The largest absolute Gasteiger partial charge is 0.289 e. The first kappa shape index (κ1) is 14.0. The highest BCUT2D eigenvalue weighted by Crippen LogP contribution is 2.34. The summed E-state index contributed by atoms with van der Waals surface area (Å²) < 4.78 is 3.07. The number of hydrogen-bond acceptors (Lipinski definition) is 2. The summed E-state index contributed by atoms with van der Waals surface area (Å²) in [6, 6.07) is 11.8. The normalized spacial score (nSPS) is 10.9. The lowest BCUT2D eigenvalue weighted by molar-refractivity contribution is 0.104. The monoisotopic (exact) mass is 408 g/mol. The van der Waals surface area contributed by atoms with E-state index in [1.54, 1.807) is 11.3 Å². The van der Waals surface area contributed by atoms with E-state index >= 15 is 0 Å². The van der Waals surface area contributed by atoms with E-state index in [1.807, 2.05) is 48.7 Å². The third-order valence-corrected chi connectivity index (χ3v) is 5.69. The number of hydrogen-bond donors (Lipinski definition) is 0. The van der Waals surface area contributed by atoms with Crippen LogP contribution in [0.2, 0.25) is 0 Å². The molecule has 0 amide bonds. The van der Waals surface area contributed by atoms with Gasteiger partial charge in [-0.1, -0.05) is 34.1 Å². The molecule has 20 heavy (non-hydrogen) atoms. The predicted molar refractivity (Wildman–Crippen MR) is 91.8 cm³/mol. The SMILES string of the molecule is Cc1ccc(Br)cc1C(=O)c1csc2c(Br)cccc12. The van der Waals surface area contributed by atoms with Crippen LogP contribution in [0.25, 0.3) is 10.1 Å². The Kier molecular flexibility index (Phi) is 3.80. The predicted octanol–water partition coefficient (Wildman–Crippen LogP) is 5.97. The second kappa shape index (κ2) is 5.43. The topological polar surface area (TPSA) is 17.1 Å². The summed E-state index contributed by atoms with van der Waals surface area (Å²) in [6.45, 7) is 1.96. The molecule has 0 unspecified atom stereocenters. The lowest BCUT2D eigenvalue weighted by Crippen LogP contribution is -2.02. The number of carbonyl (C=O) groups excluding carboxylic acids is 1. The molecule has 2 aromatic carbocycles. The van der Waals surface area contributed by atoms with Crippen molar-refractivity contribution >= 4 is 59.1 Å². The quantitative estimate of drug-likeness (QED) is 0.476. The summed E-state index contributed by atoms with van der Waals surface area (Å²) >= 11 is 8.56. The van der Waals surface area contributed by atoms with E-state index in [1.165, 1.54) is 0 Å². The van der Waals surface area contributed by atoms with Gasteiger partial charge in [0.1, 0.15) is 0 Å². The maximum Gasteiger partial charge on any atom is 0.194 e. The van der Waals surface area contributed by atoms with Gasteiger partial charge in [-0.2, -0.15) is 0 Å². The molecule has 0 radical (unpaired) electrons. The Morgan fingerprint density at radius 2 is 1.90 bits per heavy atom. The van der Waals surface area contributed by atoms with Crippen molar-refractivity contribution in [2.75, 3.05) is 0 Å². The molecule has 0 bridgehead atoms. The van der Waals surface area contributed by atoms with Gasteiger partial charge in [0.05, 0.1) is 0 Å². The first-order valence-electron chi connectivity index (χ1n) is 6.04. The highest BCUT2D eigenvalue weighted by Gasteiger charge is 2.17. The lowest BCUT2D eigenvalue weighted by atomic mass is 9.99. The van der Waals surface area contributed by atoms with Crippen LogP contribution in [0.15, 0.2) is 50.7 Å². The molecule has 1 heterocycles. The second-order valence-corrected chi connectivity index (χ2v) is 7.20. The number of halogens is 2. The van der Waals surface area contributed by atoms with Crippen LogP contribution >= 0.6 is 43.2 Å². The maximum absolute atomic E-state index is 12.8. The van der Waals surface area contributed by atoms with Crippen LogP contribution in [0, 0.1) is 6.92 Å². The van der Waals surface area contributed by atoms with E-state index in [0.29, 0.717) is 0 Å². The molecule has 3 aromatic rings. The summed E-state index contributed by atoms with van der Waals surface area (Å²) in [7, 11) is 0. The van der Waals surface area contributed by atoms with Gasteiger partial charge < -0.3 is 0 Å². The summed E-state index contributed by atoms with van der Waals surface area (Å²) in [5.74, 6) is 0.0770. The first-order chi connectivity index (χ1) is 9.58. The van der Waals surface area contributed by atoms with E-state index in [4.69, 9.17) is 0 Å². The summed E-state index contributed by atoms with van der Waals surface area (Å²) in [6.07, 6.45) is 0. The number of fused-ring (bicyclic) bond motifs is 1. The minimum Gasteiger partial charge on any atom is -0.289 e. The molecule has 0 atom stereocenters. The summed E-state index contributed by atoms with van der Waals surface area (Å²) in [5.41, 5.74) is 2.51. The summed E-state index contributed by atoms with van der Waals surface area (Å²) in [4.78, 5) is 12.8. The van der Waals surface area contributed by atoms with Gasteiger partial charge in [0, 0.05) is 35.5 Å². The number of rotatable bonds is 2. The lowest BCUT2D eigenvalue weighted by Gasteiger charge is -2.05. The number of benzene rings is 2. The molecule has 0 N–H and O–H groups in total. The Bertz CT molecular complexity index is 820. The van der Waals surface area contributed by atoms with E-state index in [9.17, 15) is 4.79 Å². The van der Waals surface area contributed by atoms with Gasteiger partial charge in [0.25, 0.3) is 0 Å². The molecule has 0 fully saturated rings. The van der Waals surface area contributed by atoms with Crippen molar-refractivity contribution in [3.8, 4) is 0 Å². The smallest absolute Gasteiger partial charge is 0.194 e. The Labute approximate surface area is 137 Å². The Morgan fingerprint density at radius 3 is 2.70 bits per heavy atom. The van der Waals surface area contributed by atoms with E-state index in [-0.39, 0.29) is 5.78 Å². The van der Waals surface area contributed by atoms with Crippen molar-refractivity contribution in [1.29, 1.82) is 0 Å². The zero-order valence-electron chi connectivity index (χ0n) is 10.6. The van der Waals surface area contributed by atoms with Crippen LogP contribution in [0.4, 0.5) is 0 Å². The van der Waals surface area contributed by atoms with Crippen molar-refractivity contribution in [3.05, 3.63) is 67.4 Å². The number of carbonyl (C=O) groups is 1. The molecule has 0 aliphatic heterocycles. The molecule has 0 saturated carbocycles. The molecule has 3 rings (SSSR count). The van der Waals surface area contributed by atoms with Crippen LogP contribution in [0.3, 0.4) is 0 Å². The molecule has 1 nitrogen and oxygen atoms in total. The van der Waals surface area contributed by atoms with Crippen LogP contribution in [-0.4, -0.2) is 5.78 Å². The van der Waals surface area contributed by atoms with Gasteiger partial charge in [-0.3, -0.25) is 4.79 Å². The van der Waals surface area contributed by atoms with Gasteiger partial charge in [0.15, 0.2) is 5.78 Å². The fourth-order valence-electron chi connectivity index (χ4n) is 2.18. The zero-order valence-corrected chi connectivity index (χ0v) is 14.6. The highest BCUT2D eigenvalue weighted by atomic mass is 79.9. The van der Waals surface area contributed by atoms with Gasteiger partial charge in [-0.15, -0.1) is 11.3 Å². The minimum atomic E-state index is 0.0770. The molecular weight excluding hydrogens is 400 g/mol. The second-order valence-electron chi connectivity index (χ2n) is 4.55. The molecule has 0 saturated heterocycles. The average Bonchev–Trinajstić information content (AvgIpc) is 2.86. The van der Waals surface area contributed by atoms with E-state index < -0.39 is 0 Å². The third kappa shape index (κ3) is 2.36. The zero-order chi connectivity index (χ0) is 14.3. The maximum atomic E-state index is 12.8. The van der Waals surface area contributed by atoms with Gasteiger partial charge in [0.2, 0.25) is 0 Å². The molecule has 0 aliphatic carbocycles. The Morgan fingerprint density at radius 1 is 1.10 bits per heavy atom. The van der Waals surface area contributed by atoms with Crippen molar-refractivity contribution in [2.24, 2.45) is 0 Å². The average molecular weight is 410 g/mol. The molecule has 4 heteroatoms. The van der Waals surface area contributed by atoms with E-state index in [2.05, 4.69) is 31.9 Å². The van der Waals surface area contributed by atoms with Crippen molar-refractivity contribution in [2.45, 2.75) is 6.92 Å². The van der Waals surface area contributed by atoms with Crippen LogP contribution in [0.1, 0.15) is 21.5 Å². The Balaban J connectivity index is 2.18. The molecule has 100 valence electrons. The fraction of sp³-hybridized carbons (Fsp3) is 0.0625. The number of thiophene rings is 1. The molecule has 1 aromatic heterocycles. The van der Waals surface area contributed by atoms with Crippen molar-refractivity contribution in [3.63, 3.8) is 0 Å². The number of ketones is 1. The number of aryl methyl sites for hydroxylation is 1. The Hall–Kier alpha value is -0.970. The van der Waals surface area contributed by atoms with E-state index in [0.717, 1.165) is 35.7 Å². The van der Waals surface area contributed by atoms with Crippen LogP contribution in [-0.2, 0) is 0 Å². The summed E-state index contributed by atoms with van der Waals surface area (Å²) in [5, 5.41) is 2.95. The van der Waals surface area contributed by atoms with Crippen LogP contribution < -0.4 is 0 Å². The standard InChI is InChI=1S/C16H10Br2OS/c1-9-5-6-10(17)7-12(9)15(19)13-8-20-16-11(13)3-2-4-14(16)18/h2-8H,1H3. The fourth-order valence-corrected chi connectivity index (χ4v) is 4.14. The minimum absolute atomic E-state index is 0.0770. The highest BCUT2D eigenvalue weighted by molar-refractivity contribution is 9.11. The van der Waals surface area contributed by atoms with Gasteiger partial charge >= 0.3 is 0 Å².